The Morgan fingerprint density at radius 1 is 0.833 bits per heavy atom. The number of hydrogen-bond donors (Lipinski definition) is 5. The summed E-state index contributed by atoms with van der Waals surface area (Å²) in [7, 11) is 0. The first-order valence-electron chi connectivity index (χ1n) is 6.89. The number of esters is 1. The van der Waals surface area contributed by atoms with E-state index in [1.807, 2.05) is 0 Å². The first-order chi connectivity index (χ1) is 11.1. The molecule has 0 aliphatic rings. The zero-order valence-electron chi connectivity index (χ0n) is 13.0. The maximum Gasteiger partial charge on any atom is 0.321 e. The van der Waals surface area contributed by atoms with E-state index in [2.05, 4.69) is 0 Å². The number of ether oxygens (including phenoxy) is 1. The van der Waals surface area contributed by atoms with Crippen LogP contribution in [0.15, 0.2) is 0 Å². The molecule has 1 atom stereocenters. The van der Waals surface area contributed by atoms with Gasteiger partial charge in [0.15, 0.2) is 6.23 Å². The van der Waals surface area contributed by atoms with Crippen molar-refractivity contribution in [2.45, 2.75) is 6.23 Å². The Kier molecular flexibility index (Phi) is 10.2. The highest BCUT2D eigenvalue weighted by Gasteiger charge is 2.19. The molecular weight excluding hydrogens is 328 g/mol. The third-order valence-electron chi connectivity index (χ3n) is 2.68. The number of carboxylic acids is 3. The Labute approximate surface area is 137 Å². The van der Waals surface area contributed by atoms with Crippen LogP contribution in [-0.2, 0) is 23.9 Å². The minimum absolute atomic E-state index is 0.0557. The van der Waals surface area contributed by atoms with Crippen molar-refractivity contribution in [3.63, 3.8) is 0 Å². The number of aliphatic carboxylic acids is 3. The number of rotatable bonds is 13. The molecule has 7 N–H and O–H groups in total. The van der Waals surface area contributed by atoms with Crippen LogP contribution in [0, 0.1) is 0 Å². The molecule has 0 bridgehead atoms. The fourth-order valence-corrected chi connectivity index (χ4v) is 1.72. The number of hydrogen-bond acceptors (Lipinski definition) is 9. The molecule has 0 amide bonds. The summed E-state index contributed by atoms with van der Waals surface area (Å²) in [6.45, 7) is -2.21. The van der Waals surface area contributed by atoms with Crippen LogP contribution in [0.1, 0.15) is 0 Å². The lowest BCUT2D eigenvalue weighted by Crippen LogP contribution is -2.44. The highest BCUT2D eigenvalue weighted by Crippen LogP contribution is 1.96. The van der Waals surface area contributed by atoms with Gasteiger partial charge in [-0.05, 0) is 0 Å². The fourth-order valence-electron chi connectivity index (χ4n) is 1.72. The predicted molar refractivity (Wildman–Crippen MR) is 78.9 cm³/mol. The van der Waals surface area contributed by atoms with Gasteiger partial charge >= 0.3 is 23.9 Å². The van der Waals surface area contributed by atoms with Gasteiger partial charge in [0.1, 0.15) is 0 Å². The maximum absolute atomic E-state index is 11.6. The van der Waals surface area contributed by atoms with Crippen molar-refractivity contribution in [2.24, 2.45) is 11.5 Å². The van der Waals surface area contributed by atoms with E-state index < -0.39 is 56.3 Å². The van der Waals surface area contributed by atoms with E-state index in [-0.39, 0.29) is 19.6 Å². The molecule has 0 spiro atoms. The summed E-state index contributed by atoms with van der Waals surface area (Å²) >= 11 is 0. The molecule has 24 heavy (non-hydrogen) atoms. The normalized spacial score (nSPS) is 12.2. The van der Waals surface area contributed by atoms with Crippen LogP contribution < -0.4 is 11.5 Å². The number of nitrogens with two attached hydrogens (primary N) is 2. The largest absolute Gasteiger partial charge is 0.480 e. The molecular formula is C12H22N4O8. The van der Waals surface area contributed by atoms with E-state index in [9.17, 15) is 19.2 Å². The van der Waals surface area contributed by atoms with Crippen LogP contribution in [0.2, 0.25) is 0 Å². The van der Waals surface area contributed by atoms with Gasteiger partial charge in [0.05, 0.1) is 26.2 Å². The van der Waals surface area contributed by atoms with Gasteiger partial charge in [-0.15, -0.1) is 0 Å². The van der Waals surface area contributed by atoms with Gasteiger partial charge in [-0.3, -0.25) is 34.7 Å². The smallest absolute Gasteiger partial charge is 0.321 e. The van der Waals surface area contributed by atoms with Gasteiger partial charge in [0, 0.05) is 19.6 Å². The number of carbonyl (C=O) groups is 4. The average molecular weight is 350 g/mol. The van der Waals surface area contributed by atoms with E-state index in [4.69, 9.17) is 31.5 Å². The summed E-state index contributed by atoms with van der Waals surface area (Å²) in [6.07, 6.45) is -1.01. The molecule has 0 rings (SSSR count). The molecule has 12 nitrogen and oxygen atoms in total. The van der Waals surface area contributed by atoms with E-state index in [0.29, 0.717) is 0 Å². The van der Waals surface area contributed by atoms with E-state index >= 15 is 0 Å². The monoisotopic (exact) mass is 350 g/mol. The molecule has 0 fully saturated rings. The third kappa shape index (κ3) is 11.3. The van der Waals surface area contributed by atoms with E-state index in [1.165, 1.54) is 4.90 Å². The molecule has 0 aromatic heterocycles. The van der Waals surface area contributed by atoms with Crippen molar-refractivity contribution in [1.82, 2.24) is 9.80 Å². The topological polar surface area (TPSA) is 197 Å². The van der Waals surface area contributed by atoms with Crippen LogP contribution in [0.5, 0.6) is 0 Å². The number of carboxylic acid groups (broad SMARTS) is 3. The Morgan fingerprint density at radius 3 is 1.54 bits per heavy atom. The molecule has 0 aliphatic heterocycles. The first-order valence-corrected chi connectivity index (χ1v) is 6.89. The van der Waals surface area contributed by atoms with E-state index in [0.717, 1.165) is 4.90 Å². The summed E-state index contributed by atoms with van der Waals surface area (Å²) in [5, 5.41) is 26.3. The van der Waals surface area contributed by atoms with Gasteiger partial charge in [-0.25, -0.2) is 0 Å². The highest BCUT2D eigenvalue weighted by molar-refractivity contribution is 5.74. The summed E-state index contributed by atoms with van der Waals surface area (Å²) in [6, 6.07) is 0. The molecule has 0 heterocycles. The van der Waals surface area contributed by atoms with Crippen LogP contribution in [0.25, 0.3) is 0 Å². The van der Waals surface area contributed by atoms with Crippen molar-refractivity contribution >= 4 is 23.9 Å². The van der Waals surface area contributed by atoms with Gasteiger partial charge in [-0.1, -0.05) is 0 Å². The summed E-state index contributed by atoms with van der Waals surface area (Å²) in [5.74, 6) is -4.46. The second-order valence-corrected chi connectivity index (χ2v) is 4.87. The Morgan fingerprint density at radius 2 is 1.21 bits per heavy atom. The van der Waals surface area contributed by atoms with E-state index in [1.54, 1.807) is 0 Å². The Bertz CT molecular complexity index is 442. The van der Waals surface area contributed by atoms with Crippen molar-refractivity contribution in [2.75, 3.05) is 45.8 Å². The molecule has 0 aromatic carbocycles. The van der Waals surface area contributed by atoms with Crippen molar-refractivity contribution in [3.8, 4) is 0 Å². The first kappa shape index (κ1) is 21.7. The zero-order valence-corrected chi connectivity index (χ0v) is 13.0. The van der Waals surface area contributed by atoms with Gasteiger partial charge in [0.25, 0.3) is 0 Å². The van der Waals surface area contributed by atoms with Crippen LogP contribution in [0.4, 0.5) is 0 Å². The van der Waals surface area contributed by atoms with Crippen molar-refractivity contribution in [1.29, 1.82) is 0 Å². The van der Waals surface area contributed by atoms with Gasteiger partial charge < -0.3 is 25.8 Å². The second kappa shape index (κ2) is 11.3. The lowest BCUT2D eigenvalue weighted by atomic mass is 10.4. The average Bonchev–Trinajstić information content (AvgIpc) is 2.42. The second-order valence-electron chi connectivity index (χ2n) is 4.87. The SMILES string of the molecule is NCC(N)OC(=O)CN(CCN(CC(=O)O)CC(=O)O)CC(=O)O. The predicted octanol–water partition coefficient (Wildman–Crippen LogP) is -3.37. The molecule has 12 heteroatoms. The van der Waals surface area contributed by atoms with Crippen LogP contribution in [0.3, 0.4) is 0 Å². The molecule has 0 radical (unpaired) electrons. The summed E-state index contributed by atoms with van der Waals surface area (Å²) in [4.78, 5) is 46.1. The molecule has 0 saturated heterocycles. The Balaban J connectivity index is 4.68. The minimum atomic E-state index is -1.23. The molecule has 0 aliphatic carbocycles. The quantitative estimate of drug-likeness (QED) is 0.163. The Hall–Kier alpha value is -2.28. The molecule has 1 unspecified atom stereocenters. The minimum Gasteiger partial charge on any atom is -0.480 e. The maximum atomic E-state index is 11.6. The van der Waals surface area contributed by atoms with Gasteiger partial charge in [-0.2, -0.15) is 0 Å². The molecule has 0 aromatic rings. The summed E-state index contributed by atoms with van der Waals surface area (Å²) in [5.41, 5.74) is 10.5. The van der Waals surface area contributed by atoms with Crippen molar-refractivity contribution in [3.05, 3.63) is 0 Å². The van der Waals surface area contributed by atoms with Crippen molar-refractivity contribution < 1.29 is 39.2 Å². The van der Waals surface area contributed by atoms with Gasteiger partial charge in [0.2, 0.25) is 0 Å². The molecule has 0 saturated carbocycles. The number of nitrogens with zero attached hydrogens (tertiary/aromatic N) is 2. The fraction of sp³-hybridized carbons (Fsp3) is 0.667. The van der Waals surface area contributed by atoms with Crippen LogP contribution in [-0.4, -0.2) is 101 Å². The van der Waals surface area contributed by atoms with Crippen LogP contribution >= 0.6 is 0 Å². The lowest BCUT2D eigenvalue weighted by Gasteiger charge is -2.24. The highest BCUT2D eigenvalue weighted by atomic mass is 16.6. The third-order valence-corrected chi connectivity index (χ3v) is 2.68. The standard InChI is InChI=1S/C12H22N4O8/c13-3-8(14)24-12(23)7-16(6-11(21)22)2-1-15(4-9(17)18)5-10(19)20/h8H,1-7,13-14H2,(H,17,18)(H,19,20)(H,21,22). The lowest BCUT2D eigenvalue weighted by molar-refractivity contribution is -0.151. The molecule has 138 valence electrons. The summed E-state index contributed by atoms with van der Waals surface area (Å²) < 4.78 is 4.72. The number of carbonyl (C=O) groups excluding carboxylic acids is 1. The zero-order chi connectivity index (χ0) is 18.7.